The van der Waals surface area contributed by atoms with Gasteiger partial charge in [-0.3, -0.25) is 4.79 Å². The van der Waals surface area contributed by atoms with Gasteiger partial charge in [0, 0.05) is 16.3 Å². The monoisotopic (exact) mass is 328 g/mol. The zero-order valence-corrected chi connectivity index (χ0v) is 13.7. The number of carbonyl (C=O) groups is 1. The van der Waals surface area contributed by atoms with Crippen LogP contribution in [-0.2, 0) is 11.2 Å². The first-order valence-corrected chi connectivity index (χ1v) is 7.81. The molecular formula is C18H19ClN3O+. The van der Waals surface area contributed by atoms with Gasteiger partial charge >= 0.3 is 0 Å². The van der Waals surface area contributed by atoms with Gasteiger partial charge in [0.25, 0.3) is 5.91 Å². The molecule has 0 saturated heterocycles. The number of hydrogen-bond acceptors (Lipinski definition) is 2. The van der Waals surface area contributed by atoms with Crippen molar-refractivity contribution in [2.24, 2.45) is 0 Å². The zero-order valence-electron chi connectivity index (χ0n) is 12.9. The number of benzene rings is 2. The van der Waals surface area contributed by atoms with Gasteiger partial charge in [-0.05, 0) is 36.8 Å². The van der Waals surface area contributed by atoms with E-state index in [1.54, 1.807) is 0 Å². The highest BCUT2D eigenvalue weighted by Crippen LogP contribution is 2.14. The third-order valence-corrected chi connectivity index (χ3v) is 3.79. The maximum atomic E-state index is 12.0. The van der Waals surface area contributed by atoms with Crippen molar-refractivity contribution >= 4 is 23.2 Å². The molecule has 0 heterocycles. The summed E-state index contributed by atoms with van der Waals surface area (Å²) >= 11 is 5.98. The normalized spacial score (nSPS) is 11.5. The number of nitrogens with two attached hydrogens (primary N) is 1. The van der Waals surface area contributed by atoms with Gasteiger partial charge in [-0.15, -0.1) is 0 Å². The minimum Gasteiger partial charge on any atom is -0.333 e. The number of amides is 1. The summed E-state index contributed by atoms with van der Waals surface area (Å²) in [5, 5.41) is 14.1. The highest BCUT2D eigenvalue weighted by atomic mass is 35.5. The van der Waals surface area contributed by atoms with Crippen LogP contribution in [0.4, 0.5) is 5.69 Å². The molecule has 23 heavy (non-hydrogen) atoms. The van der Waals surface area contributed by atoms with Crippen LogP contribution in [0.15, 0.2) is 48.5 Å². The molecule has 0 aliphatic heterocycles. The highest BCUT2D eigenvalue weighted by molar-refractivity contribution is 6.30. The van der Waals surface area contributed by atoms with Gasteiger partial charge in [-0.25, -0.2) is 0 Å². The molecule has 0 unspecified atom stereocenters. The van der Waals surface area contributed by atoms with Crippen molar-refractivity contribution in [3.63, 3.8) is 0 Å². The van der Waals surface area contributed by atoms with E-state index >= 15 is 0 Å². The van der Waals surface area contributed by atoms with E-state index in [1.165, 1.54) is 0 Å². The number of nitrogens with zero attached hydrogens (tertiary/aromatic N) is 1. The molecule has 0 aliphatic carbocycles. The van der Waals surface area contributed by atoms with Crippen LogP contribution in [0.5, 0.6) is 0 Å². The molecule has 0 saturated carbocycles. The topological polar surface area (TPSA) is 69.5 Å². The molecule has 2 rings (SSSR count). The van der Waals surface area contributed by atoms with E-state index in [0.717, 1.165) is 16.8 Å². The van der Waals surface area contributed by atoms with Crippen molar-refractivity contribution in [1.82, 2.24) is 0 Å². The van der Waals surface area contributed by atoms with E-state index in [-0.39, 0.29) is 11.9 Å². The zero-order chi connectivity index (χ0) is 16.7. The van der Waals surface area contributed by atoms with Crippen molar-refractivity contribution in [3.05, 3.63) is 64.7 Å². The molecule has 0 radical (unpaired) electrons. The first kappa shape index (κ1) is 17.0. The quantitative estimate of drug-likeness (QED) is 0.856. The van der Waals surface area contributed by atoms with E-state index in [1.807, 2.05) is 60.8 Å². The lowest BCUT2D eigenvalue weighted by Crippen LogP contribution is -2.86. The summed E-state index contributed by atoms with van der Waals surface area (Å²) in [7, 11) is 0. The smallest absolute Gasteiger partial charge is 0.279 e. The lowest BCUT2D eigenvalue weighted by atomic mass is 10.1. The Labute approximate surface area is 141 Å². The molecular weight excluding hydrogens is 310 g/mol. The van der Waals surface area contributed by atoms with Crippen molar-refractivity contribution in [2.45, 2.75) is 19.4 Å². The van der Waals surface area contributed by atoms with Gasteiger partial charge in [0.2, 0.25) is 0 Å². The Morgan fingerprint density at radius 3 is 2.70 bits per heavy atom. The molecule has 0 spiro atoms. The predicted octanol–water partition coefficient (Wildman–Crippen LogP) is 2.67. The Kier molecular flexibility index (Phi) is 6.16. The number of halogens is 1. The average molecular weight is 329 g/mol. The third kappa shape index (κ3) is 5.41. The Morgan fingerprint density at radius 2 is 2.04 bits per heavy atom. The van der Waals surface area contributed by atoms with Crippen LogP contribution in [-0.4, -0.2) is 12.5 Å². The number of quaternary nitrogens is 1. The van der Waals surface area contributed by atoms with Crippen molar-refractivity contribution in [3.8, 4) is 6.07 Å². The molecule has 3 N–H and O–H groups in total. The van der Waals surface area contributed by atoms with E-state index in [0.29, 0.717) is 18.0 Å². The van der Waals surface area contributed by atoms with Gasteiger partial charge < -0.3 is 10.6 Å². The van der Waals surface area contributed by atoms with Gasteiger partial charge in [-0.2, -0.15) is 5.26 Å². The summed E-state index contributed by atoms with van der Waals surface area (Å²) in [5.41, 5.74) is 2.76. The fourth-order valence-corrected chi connectivity index (χ4v) is 2.42. The fourth-order valence-electron chi connectivity index (χ4n) is 2.22. The molecule has 0 aliphatic rings. The van der Waals surface area contributed by atoms with Crippen molar-refractivity contribution in [1.29, 1.82) is 5.26 Å². The van der Waals surface area contributed by atoms with E-state index < -0.39 is 0 Å². The number of anilines is 1. The standard InChI is InChI=1S/C18H18ClN3O/c1-13(15-3-2-4-16(19)11-15)21-12-18(23)22-17-7-5-14(6-8-17)9-10-20/h2-8,11,13,21H,9,12H2,1H3,(H,22,23)/p+1/t13-/m0/s1. The van der Waals surface area contributed by atoms with Crippen molar-refractivity contribution < 1.29 is 10.1 Å². The molecule has 0 bridgehead atoms. The van der Waals surface area contributed by atoms with Crippen molar-refractivity contribution in [2.75, 3.05) is 11.9 Å². The molecule has 1 amide bonds. The van der Waals surface area contributed by atoms with Crippen LogP contribution in [0.2, 0.25) is 5.02 Å². The summed E-state index contributed by atoms with van der Waals surface area (Å²) in [6.07, 6.45) is 0.374. The lowest BCUT2D eigenvalue weighted by Gasteiger charge is -2.11. The lowest BCUT2D eigenvalue weighted by molar-refractivity contribution is -0.682. The average Bonchev–Trinajstić information content (AvgIpc) is 2.55. The van der Waals surface area contributed by atoms with Crippen LogP contribution in [0.3, 0.4) is 0 Å². The van der Waals surface area contributed by atoms with E-state index in [2.05, 4.69) is 11.4 Å². The number of hydrogen-bond donors (Lipinski definition) is 2. The Morgan fingerprint density at radius 1 is 1.30 bits per heavy atom. The Balaban J connectivity index is 1.84. The molecule has 118 valence electrons. The molecule has 2 aromatic rings. The first-order valence-electron chi connectivity index (χ1n) is 7.43. The second-order valence-corrected chi connectivity index (χ2v) is 5.80. The van der Waals surface area contributed by atoms with Crippen LogP contribution in [0, 0.1) is 11.3 Å². The molecule has 1 atom stereocenters. The largest absolute Gasteiger partial charge is 0.333 e. The second kappa shape index (κ2) is 8.33. The number of rotatable bonds is 6. The Bertz CT molecular complexity index is 707. The molecule has 0 fully saturated rings. The summed E-state index contributed by atoms with van der Waals surface area (Å²) in [6.45, 7) is 2.36. The number of nitriles is 1. The highest BCUT2D eigenvalue weighted by Gasteiger charge is 2.12. The minimum absolute atomic E-state index is 0.0630. The van der Waals surface area contributed by atoms with Gasteiger partial charge in [-0.1, -0.05) is 35.9 Å². The molecule has 4 nitrogen and oxygen atoms in total. The number of nitrogens with one attached hydrogen (secondary N) is 1. The van der Waals surface area contributed by atoms with E-state index in [4.69, 9.17) is 16.9 Å². The third-order valence-electron chi connectivity index (χ3n) is 3.55. The molecule has 5 heteroatoms. The van der Waals surface area contributed by atoms with Gasteiger partial charge in [0.05, 0.1) is 12.5 Å². The van der Waals surface area contributed by atoms with Crippen LogP contribution in [0.1, 0.15) is 24.1 Å². The molecule has 0 aromatic heterocycles. The van der Waals surface area contributed by atoms with Gasteiger partial charge in [0.1, 0.15) is 6.04 Å². The number of carbonyl (C=O) groups excluding carboxylic acids is 1. The fraction of sp³-hybridized carbons (Fsp3) is 0.222. The summed E-state index contributed by atoms with van der Waals surface area (Å²) in [6, 6.07) is 17.2. The second-order valence-electron chi connectivity index (χ2n) is 5.36. The van der Waals surface area contributed by atoms with Crippen LogP contribution < -0.4 is 10.6 Å². The Hall–Kier alpha value is -2.35. The van der Waals surface area contributed by atoms with Gasteiger partial charge in [0.15, 0.2) is 6.54 Å². The van der Waals surface area contributed by atoms with Crippen LogP contribution in [0.25, 0.3) is 0 Å². The SMILES string of the molecule is C[C@H]([NH2+]CC(=O)Nc1ccc(CC#N)cc1)c1cccc(Cl)c1. The van der Waals surface area contributed by atoms with Crippen LogP contribution >= 0.6 is 11.6 Å². The summed E-state index contributed by atoms with van der Waals surface area (Å²) in [4.78, 5) is 12.0. The van der Waals surface area contributed by atoms with E-state index in [9.17, 15) is 4.79 Å². The summed E-state index contributed by atoms with van der Waals surface area (Å²) in [5.74, 6) is -0.0630. The maximum absolute atomic E-state index is 12.0. The minimum atomic E-state index is -0.0630. The molecule has 2 aromatic carbocycles. The predicted molar refractivity (Wildman–Crippen MR) is 91.0 cm³/mol. The maximum Gasteiger partial charge on any atom is 0.279 e. The summed E-state index contributed by atoms with van der Waals surface area (Å²) < 4.78 is 0. The first-order chi connectivity index (χ1) is 11.1.